The molecule has 0 amide bonds. The number of rotatable bonds is 2. The molecule has 2 fully saturated rings. The van der Waals surface area contributed by atoms with E-state index in [1.807, 2.05) is 0 Å². The predicted octanol–water partition coefficient (Wildman–Crippen LogP) is 6.11. The Morgan fingerprint density at radius 3 is 2.42 bits per heavy atom. The van der Waals surface area contributed by atoms with E-state index in [1.165, 1.54) is 6.42 Å². The monoisotopic (exact) mass is 422 g/mol. The van der Waals surface area contributed by atoms with E-state index in [2.05, 4.69) is 60.4 Å². The zero-order valence-electron chi connectivity index (χ0n) is 15.5. The fraction of sp³-hybridized carbons (Fsp3) is 0.706. The Bertz CT molecular complexity index is 453. The SMILES string of the molecule is CC1=CC=CC2C1[C@@H](C)CC2[Si](C)(C)N1C[N-]C[N-]C1.[CH3-].[Cl][Ti+4][Cl]. The van der Waals surface area contributed by atoms with Crippen LogP contribution in [0.2, 0.25) is 18.6 Å². The molecule has 7 heteroatoms. The van der Waals surface area contributed by atoms with Crippen LogP contribution in [0.5, 0.6) is 0 Å². The van der Waals surface area contributed by atoms with E-state index in [9.17, 15) is 0 Å². The third-order valence-electron chi connectivity index (χ3n) is 5.80. The van der Waals surface area contributed by atoms with E-state index >= 15 is 0 Å². The van der Waals surface area contributed by atoms with Crippen LogP contribution in [0.25, 0.3) is 10.6 Å². The zero-order chi connectivity index (χ0) is 17.0. The van der Waals surface area contributed by atoms with Crippen LogP contribution in [0.15, 0.2) is 23.8 Å². The van der Waals surface area contributed by atoms with Gasteiger partial charge < -0.3 is 22.6 Å². The van der Waals surface area contributed by atoms with Gasteiger partial charge in [0.2, 0.25) is 0 Å². The first-order chi connectivity index (χ1) is 10.9. The van der Waals surface area contributed by atoms with Crippen molar-refractivity contribution in [3.63, 3.8) is 0 Å². The quantitative estimate of drug-likeness (QED) is 0.389. The first kappa shape index (κ1) is 22.9. The summed E-state index contributed by atoms with van der Waals surface area (Å²) in [5.41, 5.74) is 2.43. The fourth-order valence-electron chi connectivity index (χ4n) is 4.59. The molecule has 3 nitrogen and oxygen atoms in total. The van der Waals surface area contributed by atoms with Crippen LogP contribution in [0.1, 0.15) is 20.3 Å². The normalized spacial score (nSPS) is 33.2. The van der Waals surface area contributed by atoms with E-state index < -0.39 is 25.3 Å². The molecule has 1 saturated carbocycles. The average Bonchev–Trinajstić information content (AvgIpc) is 2.88. The molecule has 0 aromatic heterocycles. The number of hydrogen-bond donors (Lipinski definition) is 0. The summed E-state index contributed by atoms with van der Waals surface area (Å²) >= 11 is -0.556. The number of fused-ring (bicyclic) bond motifs is 1. The van der Waals surface area contributed by atoms with Crippen molar-refractivity contribution in [2.24, 2.45) is 17.8 Å². The Labute approximate surface area is 166 Å². The van der Waals surface area contributed by atoms with Gasteiger partial charge in [0.1, 0.15) is 8.24 Å². The van der Waals surface area contributed by atoms with Gasteiger partial charge in [0.15, 0.2) is 0 Å². The van der Waals surface area contributed by atoms with Crippen molar-refractivity contribution >= 4 is 26.8 Å². The standard InChI is InChI=1S/C16H27N3Si.CH3.2ClH.Ti/c1-12-6-5-7-14-15(8-13(2)16(12)14)20(3,4)19-10-17-9-18-11-19;;;;/h5-7,13-16H,8-11H2,1-4H3;1H3;2*1H;/q-2;-1;;;+6/p-2/t13-,14?,15?,16?;;;;/m0..../s1. The first-order valence-corrected chi connectivity index (χ1v) is 15.6. The van der Waals surface area contributed by atoms with E-state index in [0.717, 1.165) is 36.6 Å². The Balaban J connectivity index is 0.000000671. The topological polar surface area (TPSA) is 31.4 Å². The second-order valence-electron chi connectivity index (χ2n) is 7.35. The van der Waals surface area contributed by atoms with E-state index in [-0.39, 0.29) is 7.43 Å². The van der Waals surface area contributed by atoms with Crippen LogP contribution >= 0.6 is 18.6 Å². The summed E-state index contributed by atoms with van der Waals surface area (Å²) < 4.78 is 2.60. The van der Waals surface area contributed by atoms with Gasteiger partial charge in [-0.1, -0.05) is 43.8 Å². The molecule has 3 aliphatic rings. The summed E-state index contributed by atoms with van der Waals surface area (Å²) in [5, 5.41) is 9.00. The third-order valence-corrected chi connectivity index (χ3v) is 10.1. The molecule has 0 spiro atoms. The number of halogens is 2. The van der Waals surface area contributed by atoms with Gasteiger partial charge in [-0.25, -0.2) is 0 Å². The molecule has 0 radical (unpaired) electrons. The molecule has 134 valence electrons. The summed E-state index contributed by atoms with van der Waals surface area (Å²) in [6.45, 7) is 12.3. The number of nitrogens with zero attached hydrogens (tertiary/aromatic N) is 3. The van der Waals surface area contributed by atoms with Crippen molar-refractivity contribution in [1.29, 1.82) is 0 Å². The van der Waals surface area contributed by atoms with E-state index in [0.29, 0.717) is 6.67 Å². The Hall–Kier alpha value is 0.871. The molecular weight excluding hydrogens is 393 g/mol. The summed E-state index contributed by atoms with van der Waals surface area (Å²) in [5.74, 6) is 2.34. The third kappa shape index (κ3) is 4.98. The average molecular weight is 423 g/mol. The Morgan fingerprint density at radius 1 is 1.25 bits per heavy atom. The van der Waals surface area contributed by atoms with Crippen molar-refractivity contribution in [3.05, 3.63) is 41.9 Å². The minimum absolute atomic E-state index is 0. The molecular formula is C17H30Cl2N3SiTi+. The zero-order valence-corrected chi connectivity index (χ0v) is 19.5. The second-order valence-corrected chi connectivity index (χ2v) is 14.6. The van der Waals surface area contributed by atoms with Gasteiger partial charge in [-0.2, -0.15) is 0 Å². The molecule has 4 atom stereocenters. The van der Waals surface area contributed by atoms with Gasteiger partial charge in [-0.15, -0.1) is 13.3 Å². The molecule has 0 N–H and O–H groups in total. The van der Waals surface area contributed by atoms with Crippen LogP contribution in [0.4, 0.5) is 0 Å². The summed E-state index contributed by atoms with van der Waals surface area (Å²) in [6.07, 6.45) is 8.47. The fourth-order valence-corrected chi connectivity index (χ4v) is 8.20. The molecule has 0 aromatic rings. The van der Waals surface area contributed by atoms with Crippen molar-refractivity contribution in [2.75, 3.05) is 20.0 Å². The molecule has 0 aromatic carbocycles. The molecule has 1 aliphatic heterocycles. The summed E-state index contributed by atoms with van der Waals surface area (Å²) in [6, 6.07) is 0. The van der Waals surface area contributed by atoms with Crippen LogP contribution in [0, 0.1) is 25.2 Å². The molecule has 1 heterocycles. The van der Waals surface area contributed by atoms with E-state index in [4.69, 9.17) is 18.6 Å². The van der Waals surface area contributed by atoms with Crippen molar-refractivity contribution < 1.29 is 17.0 Å². The number of allylic oxidation sites excluding steroid dienone is 4. The minimum atomic E-state index is -1.48. The van der Waals surface area contributed by atoms with Gasteiger partial charge in [-0.05, 0) is 36.6 Å². The van der Waals surface area contributed by atoms with Crippen molar-refractivity contribution in [1.82, 2.24) is 4.57 Å². The summed E-state index contributed by atoms with van der Waals surface area (Å²) in [7, 11) is 8.30. The molecule has 24 heavy (non-hydrogen) atoms. The van der Waals surface area contributed by atoms with Crippen molar-refractivity contribution in [3.8, 4) is 0 Å². The van der Waals surface area contributed by atoms with Gasteiger partial charge in [0, 0.05) is 0 Å². The Morgan fingerprint density at radius 2 is 1.83 bits per heavy atom. The maximum absolute atomic E-state index is 4.89. The van der Waals surface area contributed by atoms with Crippen LogP contribution in [-0.2, 0) is 17.0 Å². The predicted molar refractivity (Wildman–Crippen MR) is 106 cm³/mol. The molecule has 1 saturated heterocycles. The second kappa shape index (κ2) is 10.3. The van der Waals surface area contributed by atoms with Crippen molar-refractivity contribution in [2.45, 2.75) is 38.9 Å². The molecule has 0 bridgehead atoms. The Kier molecular flexibility index (Phi) is 9.80. The van der Waals surface area contributed by atoms with Gasteiger partial charge in [-0.3, -0.25) is 6.67 Å². The van der Waals surface area contributed by atoms with E-state index in [1.54, 1.807) is 5.57 Å². The summed E-state index contributed by atoms with van der Waals surface area (Å²) in [4.78, 5) is 0. The van der Waals surface area contributed by atoms with Crippen LogP contribution < -0.4 is 0 Å². The van der Waals surface area contributed by atoms with Gasteiger partial charge in [0.05, 0.1) is 0 Å². The van der Waals surface area contributed by atoms with Crippen LogP contribution in [0.3, 0.4) is 0 Å². The maximum atomic E-state index is 4.89. The van der Waals surface area contributed by atoms with Gasteiger partial charge in [0.25, 0.3) is 0 Å². The first-order valence-electron chi connectivity index (χ1n) is 8.26. The molecule has 3 rings (SSSR count). The molecule has 2 aliphatic carbocycles. The number of hydrogen-bond acceptors (Lipinski definition) is 1. The molecule has 3 unspecified atom stereocenters. The van der Waals surface area contributed by atoms with Gasteiger partial charge >= 0.3 is 35.6 Å². The van der Waals surface area contributed by atoms with Crippen LogP contribution in [-0.4, -0.2) is 32.8 Å².